The van der Waals surface area contributed by atoms with Crippen molar-refractivity contribution in [2.75, 3.05) is 0 Å². The van der Waals surface area contributed by atoms with E-state index in [1.165, 1.54) is 0 Å². The summed E-state index contributed by atoms with van der Waals surface area (Å²) >= 11 is 0. The van der Waals surface area contributed by atoms with Crippen LogP contribution in [0.1, 0.15) is 53.4 Å². The van der Waals surface area contributed by atoms with E-state index in [1.54, 1.807) is 0 Å². The molecule has 0 amide bonds. The first-order valence-corrected chi connectivity index (χ1v) is 5.22. The average Bonchev–Trinajstić information content (AvgIpc) is 2.00. The van der Waals surface area contributed by atoms with Gasteiger partial charge in [0.05, 0.1) is 0 Å². The third-order valence-electron chi connectivity index (χ3n) is 2.38. The van der Waals surface area contributed by atoms with E-state index in [2.05, 4.69) is 20.8 Å². The van der Waals surface area contributed by atoms with Crippen molar-refractivity contribution in [3.05, 3.63) is 0 Å². The molecular formula is C11H23F. The molecule has 0 radical (unpaired) electrons. The first kappa shape index (κ1) is 11.9. The number of hydrogen-bond acceptors (Lipinski definition) is 0. The molecule has 0 spiro atoms. The Morgan fingerprint density at radius 1 is 1.00 bits per heavy atom. The highest BCUT2D eigenvalue weighted by molar-refractivity contribution is 4.65. The molecule has 74 valence electrons. The topological polar surface area (TPSA) is 0 Å². The van der Waals surface area contributed by atoms with Gasteiger partial charge in [0, 0.05) is 0 Å². The van der Waals surface area contributed by atoms with Gasteiger partial charge in [0.1, 0.15) is 6.17 Å². The lowest BCUT2D eigenvalue weighted by Gasteiger charge is -2.16. The molecule has 0 saturated carbocycles. The lowest BCUT2D eigenvalue weighted by Crippen LogP contribution is -2.13. The van der Waals surface area contributed by atoms with Crippen molar-refractivity contribution in [3.8, 4) is 0 Å². The Kier molecular flexibility index (Phi) is 6.41. The van der Waals surface area contributed by atoms with Crippen LogP contribution in [-0.4, -0.2) is 6.17 Å². The second-order valence-corrected chi connectivity index (χ2v) is 4.25. The molecule has 0 fully saturated rings. The van der Waals surface area contributed by atoms with Crippen LogP contribution in [0.3, 0.4) is 0 Å². The predicted octanol–water partition coefficient (Wildman–Crippen LogP) is 4.20. The summed E-state index contributed by atoms with van der Waals surface area (Å²) in [5.74, 6) is 0.894. The van der Waals surface area contributed by atoms with Gasteiger partial charge in [-0.25, -0.2) is 4.39 Å². The minimum atomic E-state index is -0.577. The zero-order valence-corrected chi connectivity index (χ0v) is 8.94. The molecule has 0 aliphatic rings. The van der Waals surface area contributed by atoms with Crippen molar-refractivity contribution in [3.63, 3.8) is 0 Å². The lowest BCUT2D eigenvalue weighted by molar-refractivity contribution is 0.206. The van der Waals surface area contributed by atoms with Crippen LogP contribution in [0.4, 0.5) is 4.39 Å². The number of hydrogen-bond donors (Lipinski definition) is 0. The molecule has 0 aliphatic heterocycles. The summed E-state index contributed by atoms with van der Waals surface area (Å²) in [7, 11) is 0. The molecule has 2 unspecified atom stereocenters. The molecule has 12 heavy (non-hydrogen) atoms. The zero-order valence-electron chi connectivity index (χ0n) is 8.94. The second kappa shape index (κ2) is 6.45. The summed E-state index contributed by atoms with van der Waals surface area (Å²) < 4.78 is 13.3. The van der Waals surface area contributed by atoms with E-state index in [4.69, 9.17) is 0 Å². The summed E-state index contributed by atoms with van der Waals surface area (Å²) in [6.07, 6.45) is 3.32. The molecular weight excluding hydrogens is 151 g/mol. The summed E-state index contributed by atoms with van der Waals surface area (Å²) in [4.78, 5) is 0. The molecule has 0 rings (SSSR count). The van der Waals surface area contributed by atoms with E-state index in [0.717, 1.165) is 25.7 Å². The Hall–Kier alpha value is -0.0700. The number of halogens is 1. The molecule has 0 aliphatic carbocycles. The maximum atomic E-state index is 13.3. The van der Waals surface area contributed by atoms with E-state index in [9.17, 15) is 4.39 Å². The fraction of sp³-hybridized carbons (Fsp3) is 1.00. The van der Waals surface area contributed by atoms with Crippen LogP contribution in [-0.2, 0) is 0 Å². The fourth-order valence-corrected chi connectivity index (χ4v) is 1.41. The Balaban J connectivity index is 3.49. The summed E-state index contributed by atoms with van der Waals surface area (Å²) in [5.41, 5.74) is 0. The van der Waals surface area contributed by atoms with Gasteiger partial charge in [-0.15, -0.1) is 0 Å². The first-order valence-electron chi connectivity index (χ1n) is 5.22. The minimum Gasteiger partial charge on any atom is -0.247 e. The van der Waals surface area contributed by atoms with Crippen LogP contribution >= 0.6 is 0 Å². The molecule has 0 aromatic heterocycles. The van der Waals surface area contributed by atoms with E-state index < -0.39 is 6.17 Å². The summed E-state index contributed by atoms with van der Waals surface area (Å²) in [6, 6.07) is 0. The van der Waals surface area contributed by atoms with Crippen LogP contribution in [0.2, 0.25) is 0 Å². The number of alkyl halides is 1. The fourth-order valence-electron chi connectivity index (χ4n) is 1.41. The van der Waals surface area contributed by atoms with E-state index in [0.29, 0.717) is 5.92 Å². The molecule has 0 saturated heterocycles. The SMILES string of the molecule is CCCC(C)C(F)CCC(C)C. The monoisotopic (exact) mass is 174 g/mol. The van der Waals surface area contributed by atoms with Crippen molar-refractivity contribution < 1.29 is 4.39 Å². The zero-order chi connectivity index (χ0) is 9.56. The van der Waals surface area contributed by atoms with E-state index >= 15 is 0 Å². The Morgan fingerprint density at radius 3 is 2.00 bits per heavy atom. The van der Waals surface area contributed by atoms with Gasteiger partial charge >= 0.3 is 0 Å². The van der Waals surface area contributed by atoms with Gasteiger partial charge < -0.3 is 0 Å². The van der Waals surface area contributed by atoms with Crippen LogP contribution in [0.25, 0.3) is 0 Å². The highest BCUT2D eigenvalue weighted by Gasteiger charge is 2.15. The van der Waals surface area contributed by atoms with Gasteiger partial charge in [-0.1, -0.05) is 34.1 Å². The smallest absolute Gasteiger partial charge is 0.103 e. The van der Waals surface area contributed by atoms with Gasteiger partial charge in [-0.3, -0.25) is 0 Å². The first-order chi connectivity index (χ1) is 5.57. The number of rotatable bonds is 6. The highest BCUT2D eigenvalue weighted by Crippen LogP contribution is 2.20. The molecule has 2 atom stereocenters. The minimum absolute atomic E-state index is 0.258. The van der Waals surface area contributed by atoms with Crippen molar-refractivity contribution in [1.29, 1.82) is 0 Å². The molecule has 0 heterocycles. The third-order valence-corrected chi connectivity index (χ3v) is 2.38. The van der Waals surface area contributed by atoms with Crippen LogP contribution in [0.15, 0.2) is 0 Å². The second-order valence-electron chi connectivity index (χ2n) is 4.25. The van der Waals surface area contributed by atoms with Gasteiger partial charge in [-0.05, 0) is 31.1 Å². The van der Waals surface area contributed by atoms with Gasteiger partial charge in [-0.2, -0.15) is 0 Å². The molecule has 1 heteroatoms. The maximum Gasteiger partial charge on any atom is 0.103 e. The van der Waals surface area contributed by atoms with Crippen molar-refractivity contribution in [2.45, 2.75) is 59.5 Å². The Morgan fingerprint density at radius 2 is 1.58 bits per heavy atom. The third kappa shape index (κ3) is 5.56. The molecule has 0 aromatic carbocycles. The lowest BCUT2D eigenvalue weighted by atomic mass is 9.94. The standard InChI is InChI=1S/C11H23F/c1-5-6-10(4)11(12)8-7-9(2)3/h9-11H,5-8H2,1-4H3. The Bertz CT molecular complexity index is 99.2. The van der Waals surface area contributed by atoms with Crippen LogP contribution in [0, 0.1) is 11.8 Å². The molecule has 0 nitrogen and oxygen atoms in total. The molecule has 0 bridgehead atoms. The van der Waals surface area contributed by atoms with E-state index in [-0.39, 0.29) is 5.92 Å². The molecule has 0 aromatic rings. The average molecular weight is 174 g/mol. The summed E-state index contributed by atoms with van der Waals surface area (Å²) in [5, 5.41) is 0. The normalized spacial score (nSPS) is 16.5. The van der Waals surface area contributed by atoms with Crippen LogP contribution in [0.5, 0.6) is 0 Å². The van der Waals surface area contributed by atoms with Crippen molar-refractivity contribution in [2.24, 2.45) is 11.8 Å². The van der Waals surface area contributed by atoms with Crippen LogP contribution < -0.4 is 0 Å². The quantitative estimate of drug-likeness (QED) is 0.566. The molecule has 0 N–H and O–H groups in total. The van der Waals surface area contributed by atoms with Gasteiger partial charge in [0.2, 0.25) is 0 Å². The maximum absolute atomic E-state index is 13.3. The van der Waals surface area contributed by atoms with Crippen molar-refractivity contribution >= 4 is 0 Å². The Labute approximate surface area is 76.6 Å². The van der Waals surface area contributed by atoms with E-state index in [1.807, 2.05) is 6.92 Å². The highest BCUT2D eigenvalue weighted by atomic mass is 19.1. The van der Waals surface area contributed by atoms with Crippen molar-refractivity contribution in [1.82, 2.24) is 0 Å². The summed E-state index contributed by atoms with van der Waals surface area (Å²) in [6.45, 7) is 8.44. The van der Waals surface area contributed by atoms with Gasteiger partial charge in [0.15, 0.2) is 0 Å². The van der Waals surface area contributed by atoms with Gasteiger partial charge in [0.25, 0.3) is 0 Å². The largest absolute Gasteiger partial charge is 0.247 e. The predicted molar refractivity (Wildman–Crippen MR) is 53.0 cm³/mol.